The van der Waals surface area contributed by atoms with Crippen LogP contribution in [0.15, 0.2) is 36.9 Å². The molecule has 1 N–H and O–H groups in total. The van der Waals surface area contributed by atoms with Crippen LogP contribution in [0.5, 0.6) is 0 Å². The second-order valence-electron chi connectivity index (χ2n) is 5.16. The molecule has 0 aliphatic carbocycles. The summed E-state index contributed by atoms with van der Waals surface area (Å²) in [6.07, 6.45) is 9.84. The van der Waals surface area contributed by atoms with Crippen LogP contribution in [-0.4, -0.2) is 11.2 Å². The molecule has 0 aliphatic rings. The summed E-state index contributed by atoms with van der Waals surface area (Å²) in [7, 11) is 0. The monoisotopic (exact) mass is 270 g/mol. The van der Waals surface area contributed by atoms with Crippen LogP contribution in [0.1, 0.15) is 56.6 Å². The maximum absolute atomic E-state index is 9.29. The molecule has 0 fully saturated rings. The minimum atomic E-state index is -0.738. The van der Waals surface area contributed by atoms with E-state index >= 15 is 0 Å². The van der Waals surface area contributed by atoms with Crippen molar-refractivity contribution in [2.45, 2.75) is 58.0 Å². The highest BCUT2D eigenvalue weighted by Crippen LogP contribution is 2.10. The first-order chi connectivity index (χ1) is 9.76. The van der Waals surface area contributed by atoms with Crippen LogP contribution in [-0.2, 0) is 6.42 Å². The van der Waals surface area contributed by atoms with E-state index in [1.165, 1.54) is 50.2 Å². The summed E-state index contributed by atoms with van der Waals surface area (Å²) in [5.74, 6) is 5.67. The second-order valence-corrected chi connectivity index (χ2v) is 5.16. The smallest absolute Gasteiger partial charge is 0.133 e. The van der Waals surface area contributed by atoms with Crippen molar-refractivity contribution in [3.8, 4) is 11.8 Å². The van der Waals surface area contributed by atoms with Crippen molar-refractivity contribution in [2.75, 3.05) is 0 Å². The molecule has 1 rings (SSSR count). The largest absolute Gasteiger partial charge is 0.377 e. The van der Waals surface area contributed by atoms with Crippen molar-refractivity contribution in [3.63, 3.8) is 0 Å². The molecule has 1 heteroatoms. The minimum absolute atomic E-state index is 0.738. The van der Waals surface area contributed by atoms with Gasteiger partial charge in [0, 0.05) is 5.56 Å². The highest BCUT2D eigenvalue weighted by Gasteiger charge is 1.95. The number of unbranched alkanes of at least 4 members (excludes halogenated alkanes) is 5. The zero-order valence-corrected chi connectivity index (χ0v) is 12.6. The van der Waals surface area contributed by atoms with Gasteiger partial charge in [0.1, 0.15) is 6.10 Å². The van der Waals surface area contributed by atoms with E-state index in [0.717, 1.165) is 12.0 Å². The van der Waals surface area contributed by atoms with E-state index < -0.39 is 6.10 Å². The summed E-state index contributed by atoms with van der Waals surface area (Å²) in [6, 6.07) is 8.32. The standard InChI is InChI=1S/C19H26O/c1-3-5-6-7-8-9-10-17-11-13-18(14-12-17)15-16-19(20)4-2/h4,11-14,19-20H,2-3,5-10H2,1H3. The molecule has 0 heterocycles. The zero-order chi connectivity index (χ0) is 14.6. The summed E-state index contributed by atoms with van der Waals surface area (Å²) in [6.45, 7) is 5.74. The van der Waals surface area contributed by atoms with Gasteiger partial charge < -0.3 is 5.11 Å². The molecule has 0 aliphatic heterocycles. The van der Waals surface area contributed by atoms with Crippen molar-refractivity contribution >= 4 is 0 Å². The Labute approximate surface area is 123 Å². The Morgan fingerprint density at radius 1 is 1.10 bits per heavy atom. The van der Waals surface area contributed by atoms with E-state index in [1.807, 2.05) is 12.1 Å². The van der Waals surface area contributed by atoms with Gasteiger partial charge in [0.15, 0.2) is 0 Å². The Bertz CT molecular complexity index is 433. The molecule has 0 amide bonds. The fraction of sp³-hybridized carbons (Fsp3) is 0.474. The lowest BCUT2D eigenvalue weighted by molar-refractivity contribution is 0.281. The van der Waals surface area contributed by atoms with E-state index in [0.29, 0.717) is 0 Å². The lowest BCUT2D eigenvalue weighted by atomic mass is 10.0. The van der Waals surface area contributed by atoms with Crippen LogP contribution in [0.4, 0.5) is 0 Å². The molecule has 1 aromatic carbocycles. The van der Waals surface area contributed by atoms with Gasteiger partial charge in [-0.1, -0.05) is 75.7 Å². The molecular formula is C19H26O. The molecule has 1 unspecified atom stereocenters. The van der Waals surface area contributed by atoms with Gasteiger partial charge in [-0.2, -0.15) is 0 Å². The summed E-state index contributed by atoms with van der Waals surface area (Å²) < 4.78 is 0. The van der Waals surface area contributed by atoms with E-state index in [1.54, 1.807) is 0 Å². The Morgan fingerprint density at radius 3 is 2.40 bits per heavy atom. The Kier molecular flexibility index (Phi) is 8.51. The van der Waals surface area contributed by atoms with Gasteiger partial charge in [0.05, 0.1) is 0 Å². The van der Waals surface area contributed by atoms with Crippen molar-refractivity contribution in [1.29, 1.82) is 0 Å². The maximum atomic E-state index is 9.29. The first-order valence-corrected chi connectivity index (χ1v) is 7.67. The fourth-order valence-electron chi connectivity index (χ4n) is 2.08. The zero-order valence-electron chi connectivity index (χ0n) is 12.6. The topological polar surface area (TPSA) is 20.2 Å². The molecule has 0 saturated carbocycles. The van der Waals surface area contributed by atoms with Crippen LogP contribution >= 0.6 is 0 Å². The molecule has 1 aromatic rings. The maximum Gasteiger partial charge on any atom is 0.133 e. The average Bonchev–Trinajstić information content (AvgIpc) is 2.49. The number of aliphatic hydroxyl groups excluding tert-OH is 1. The van der Waals surface area contributed by atoms with Crippen molar-refractivity contribution in [2.24, 2.45) is 0 Å². The molecule has 0 spiro atoms. The van der Waals surface area contributed by atoms with Crippen LogP contribution in [0.25, 0.3) is 0 Å². The highest BCUT2D eigenvalue weighted by atomic mass is 16.3. The number of aryl methyl sites for hydroxylation is 1. The number of aliphatic hydroxyl groups is 1. The van der Waals surface area contributed by atoms with Gasteiger partial charge >= 0.3 is 0 Å². The molecule has 1 atom stereocenters. The van der Waals surface area contributed by atoms with Crippen LogP contribution in [0.2, 0.25) is 0 Å². The van der Waals surface area contributed by atoms with E-state index in [2.05, 4.69) is 37.5 Å². The lowest BCUT2D eigenvalue weighted by Gasteiger charge is -2.02. The van der Waals surface area contributed by atoms with Gasteiger partial charge in [0.2, 0.25) is 0 Å². The molecule has 1 nitrogen and oxygen atoms in total. The Morgan fingerprint density at radius 2 is 1.75 bits per heavy atom. The van der Waals surface area contributed by atoms with E-state index in [-0.39, 0.29) is 0 Å². The van der Waals surface area contributed by atoms with Gasteiger partial charge in [-0.25, -0.2) is 0 Å². The molecule has 0 saturated heterocycles. The predicted octanol–water partition coefficient (Wildman–Crippen LogP) is 4.49. The molecule has 0 bridgehead atoms. The summed E-state index contributed by atoms with van der Waals surface area (Å²) in [4.78, 5) is 0. The van der Waals surface area contributed by atoms with Gasteiger partial charge in [-0.3, -0.25) is 0 Å². The van der Waals surface area contributed by atoms with Gasteiger partial charge in [-0.15, -0.1) is 0 Å². The van der Waals surface area contributed by atoms with Crippen molar-refractivity contribution < 1.29 is 5.11 Å². The summed E-state index contributed by atoms with van der Waals surface area (Å²) in [5, 5.41) is 9.29. The van der Waals surface area contributed by atoms with Crippen LogP contribution in [0.3, 0.4) is 0 Å². The quantitative estimate of drug-likeness (QED) is 0.419. The highest BCUT2D eigenvalue weighted by molar-refractivity contribution is 5.37. The SMILES string of the molecule is C=CC(O)C#Cc1ccc(CCCCCCCC)cc1. The molecule has 108 valence electrons. The van der Waals surface area contributed by atoms with Crippen LogP contribution < -0.4 is 0 Å². The van der Waals surface area contributed by atoms with Gasteiger partial charge in [-0.05, 0) is 30.5 Å². The van der Waals surface area contributed by atoms with E-state index in [9.17, 15) is 5.11 Å². The molecule has 0 aromatic heterocycles. The third-order valence-electron chi connectivity index (χ3n) is 3.36. The molecular weight excluding hydrogens is 244 g/mol. The number of hydrogen-bond donors (Lipinski definition) is 1. The number of rotatable bonds is 8. The van der Waals surface area contributed by atoms with Crippen molar-refractivity contribution in [3.05, 3.63) is 48.0 Å². The Balaban J connectivity index is 2.31. The Hall–Kier alpha value is -1.52. The third-order valence-corrected chi connectivity index (χ3v) is 3.36. The fourth-order valence-corrected chi connectivity index (χ4v) is 2.08. The first kappa shape index (κ1) is 16.5. The molecule has 20 heavy (non-hydrogen) atoms. The van der Waals surface area contributed by atoms with Crippen molar-refractivity contribution in [1.82, 2.24) is 0 Å². The summed E-state index contributed by atoms with van der Waals surface area (Å²) in [5.41, 5.74) is 2.31. The number of hydrogen-bond acceptors (Lipinski definition) is 1. The second kappa shape index (κ2) is 10.3. The molecule has 0 radical (unpaired) electrons. The average molecular weight is 270 g/mol. The third kappa shape index (κ3) is 7.16. The first-order valence-electron chi connectivity index (χ1n) is 7.67. The lowest BCUT2D eigenvalue weighted by Crippen LogP contribution is -1.95. The van der Waals surface area contributed by atoms with Gasteiger partial charge in [0.25, 0.3) is 0 Å². The number of benzene rings is 1. The van der Waals surface area contributed by atoms with Crippen LogP contribution in [0, 0.1) is 11.8 Å². The predicted molar refractivity (Wildman–Crippen MR) is 86.6 cm³/mol. The normalized spacial score (nSPS) is 11.5. The van der Waals surface area contributed by atoms with E-state index in [4.69, 9.17) is 0 Å². The minimum Gasteiger partial charge on any atom is -0.377 e. The summed E-state index contributed by atoms with van der Waals surface area (Å²) >= 11 is 0.